The number of hydrogen-bond acceptors (Lipinski definition) is 13. The maximum Gasteiger partial charge on any atom is 0.174 e. The van der Waals surface area contributed by atoms with Gasteiger partial charge in [-0.2, -0.15) is 0 Å². The van der Waals surface area contributed by atoms with E-state index in [9.17, 15) is 34.9 Å². The number of likely N-dealkylation sites (N-methyl/N-ethyl adjacent to an activating group) is 2. The van der Waals surface area contributed by atoms with Gasteiger partial charge in [-0.15, -0.1) is 0 Å². The lowest BCUT2D eigenvalue weighted by atomic mass is 9.49. The third kappa shape index (κ3) is 4.49. The van der Waals surface area contributed by atoms with Crippen LogP contribution in [0.1, 0.15) is 102 Å². The summed E-state index contributed by atoms with van der Waals surface area (Å²) in [7, 11) is 3.71. The van der Waals surface area contributed by atoms with Gasteiger partial charge in [-0.25, -0.2) is 0 Å². The monoisotopic (exact) mass is 913 g/mol. The number of aromatic hydroxyl groups is 1. The first-order valence-electron chi connectivity index (χ1n) is 24.8. The first-order chi connectivity index (χ1) is 32.0. The number of nitrogens with zero attached hydrogens (tertiary/aromatic N) is 3. The van der Waals surface area contributed by atoms with E-state index in [0.717, 1.165) is 90.4 Å². The summed E-state index contributed by atoms with van der Waals surface area (Å²) in [4.78, 5) is 42.5. The third-order valence-electron chi connectivity index (χ3n) is 20.5. The highest BCUT2D eigenvalue weighted by atomic mass is 16.6. The Morgan fingerprint density at radius 1 is 0.642 bits per heavy atom. The Morgan fingerprint density at radius 3 is 1.85 bits per heavy atom. The number of carbonyl (C=O) groups excluding carboxylic acids is 3. The Labute approximate surface area is 389 Å². The maximum atomic E-state index is 13.1. The Kier molecular flexibility index (Phi) is 7.98. The summed E-state index contributed by atoms with van der Waals surface area (Å²) >= 11 is 0. The van der Waals surface area contributed by atoms with Crippen LogP contribution in [-0.4, -0.2) is 141 Å². The summed E-state index contributed by atoms with van der Waals surface area (Å²) in [6.45, 7) is 7.07. The lowest BCUT2D eigenvalue weighted by molar-refractivity contribution is -0.904. The average Bonchev–Trinajstić information content (AvgIpc) is 4.03. The smallest absolute Gasteiger partial charge is 0.174 e. The molecule has 6 aliphatic carbocycles. The molecule has 352 valence electrons. The zero-order chi connectivity index (χ0) is 46.2. The predicted octanol–water partition coefficient (Wildman–Crippen LogP) is 3.82. The number of aliphatic hydroxyl groups is 2. The predicted molar refractivity (Wildman–Crippen MR) is 240 cm³/mol. The van der Waals surface area contributed by atoms with E-state index in [0.29, 0.717) is 69.7 Å². The van der Waals surface area contributed by atoms with Crippen LogP contribution in [0.25, 0.3) is 0 Å². The number of carbonyl (C=O) groups is 3. The van der Waals surface area contributed by atoms with Gasteiger partial charge < -0.3 is 49.0 Å². The fourth-order valence-corrected chi connectivity index (χ4v) is 17.6. The minimum Gasteiger partial charge on any atom is -0.633 e. The van der Waals surface area contributed by atoms with Gasteiger partial charge in [0.25, 0.3) is 0 Å². The van der Waals surface area contributed by atoms with E-state index >= 15 is 0 Å². The number of piperidine rings is 3. The van der Waals surface area contributed by atoms with Crippen LogP contribution in [0.4, 0.5) is 0 Å². The number of rotatable bonds is 0. The molecular weight excluding hydrogens is 855 g/mol. The first-order valence-corrected chi connectivity index (χ1v) is 24.8. The Bertz CT molecular complexity index is 2800. The minimum atomic E-state index is -1.15. The van der Waals surface area contributed by atoms with Crippen molar-refractivity contribution in [3.63, 3.8) is 0 Å². The third-order valence-corrected chi connectivity index (χ3v) is 20.5. The van der Waals surface area contributed by atoms with E-state index < -0.39 is 44.9 Å². The maximum absolute atomic E-state index is 13.1. The molecule has 7 aliphatic heterocycles. The van der Waals surface area contributed by atoms with Crippen LogP contribution in [-0.2, 0) is 54.6 Å². The number of ketones is 3. The lowest BCUT2D eigenvalue weighted by Gasteiger charge is -2.65. The number of ether oxygens (including phenoxy) is 4. The molecule has 3 unspecified atom stereocenters. The second kappa shape index (κ2) is 12.9. The molecule has 14 nitrogen and oxygen atoms in total. The van der Waals surface area contributed by atoms with Crippen LogP contribution >= 0.6 is 0 Å². The summed E-state index contributed by atoms with van der Waals surface area (Å²) in [6.07, 6.45) is 5.89. The van der Waals surface area contributed by atoms with Gasteiger partial charge in [0, 0.05) is 67.4 Å². The van der Waals surface area contributed by atoms with Gasteiger partial charge in [0.1, 0.15) is 35.5 Å². The molecule has 14 heteroatoms. The summed E-state index contributed by atoms with van der Waals surface area (Å²) in [5.41, 5.74) is 5.05. The summed E-state index contributed by atoms with van der Waals surface area (Å²) in [6, 6.07) is 12.0. The van der Waals surface area contributed by atoms with E-state index in [2.05, 4.69) is 34.9 Å². The molecule has 3 aromatic carbocycles. The number of phenols is 1. The molecule has 7 heterocycles. The molecule has 3 aromatic rings. The van der Waals surface area contributed by atoms with Gasteiger partial charge in [-0.05, 0) is 106 Å². The van der Waals surface area contributed by atoms with Gasteiger partial charge in [0.2, 0.25) is 0 Å². The topological polar surface area (TPSA) is 178 Å². The minimum absolute atomic E-state index is 0.00319. The Hall–Kier alpha value is -4.41. The molecule has 16 rings (SSSR count). The normalized spacial score (nSPS) is 44.9. The van der Waals surface area contributed by atoms with Crippen LogP contribution < -0.4 is 14.2 Å². The highest BCUT2D eigenvalue weighted by molar-refractivity contribution is 5.91. The van der Waals surface area contributed by atoms with E-state index in [1.54, 1.807) is 13.1 Å². The van der Waals surface area contributed by atoms with Crippen molar-refractivity contribution in [2.24, 2.45) is 0 Å². The number of quaternary nitrogens is 1. The molecule has 14 atom stereocenters. The van der Waals surface area contributed by atoms with E-state index in [1.165, 1.54) is 11.1 Å². The second-order valence-corrected chi connectivity index (χ2v) is 22.9. The fraction of sp³-hybridized carbons (Fsp3) is 0.604. The second-order valence-electron chi connectivity index (χ2n) is 22.9. The number of hydroxylamine groups is 3. The number of benzene rings is 3. The van der Waals surface area contributed by atoms with Crippen molar-refractivity contribution in [3.8, 4) is 23.0 Å². The molecule has 3 N–H and O–H groups in total. The lowest BCUT2D eigenvalue weighted by Crippen LogP contribution is -2.79. The van der Waals surface area contributed by atoms with Gasteiger partial charge in [0.15, 0.2) is 47.2 Å². The molecule has 3 saturated carbocycles. The highest BCUT2D eigenvalue weighted by Crippen LogP contribution is 2.68. The number of phenolic OH excluding ortho intramolecular Hbond substituents is 1. The molecule has 67 heavy (non-hydrogen) atoms. The zero-order valence-electron chi connectivity index (χ0n) is 38.7. The molecule has 8 bridgehead atoms. The van der Waals surface area contributed by atoms with Crippen molar-refractivity contribution >= 4 is 17.3 Å². The van der Waals surface area contributed by atoms with Crippen molar-refractivity contribution in [3.05, 3.63) is 86.1 Å². The molecule has 0 radical (unpaired) electrons. The quantitative estimate of drug-likeness (QED) is 0.219. The standard InChI is InChI=1S/C18H21NO4.C18H19NO3.C17H19NO4/c1-10-3-4-11-9-13-18(21)6-5-12(20)16-17(18,7-8-19(13,2)22)14(11)15(10)23-16;1-10-2-3-11-8-13-18-5-4-12(20)16-17(18,14(11)15(10)22-16)6-7-19(13)9-21-18;1-18-7-6-16-13-9-2-3-10(19)14(13)22-15(16)11(20)4-5-17(16,21)12(18)8-9/h3-4,13,16,21H,5-9H2,1-2H3;2-3,13,16H,4-9H2,1H3;2-3,12,15,19,21H,4-8H2,1H3/t13-,16+,17+,18-,19?;13-,16+,17+,18-;12?,15-,16-,17+/m110/s1. The largest absolute Gasteiger partial charge is 0.633 e. The van der Waals surface area contributed by atoms with Gasteiger partial charge in [-0.1, -0.05) is 30.3 Å². The average molecular weight is 914 g/mol. The molecule has 0 amide bonds. The SMILES string of the molecule is CN1CC[C@]23c4c5ccc(O)c4O[C@H]2C(=O)CC[C@@]3(O)C1C5.Cc1ccc2c3c1O[C@H]1C(=O)CC[C@@]4(O)[C@@H](C2)[N+](C)([O-])CC[C@]314.Cc1ccc2c3c1O[C@H]1C(=O)CC[C@]45OCN(CC[C@]314)[C@@H]5C2. The number of Topliss-reactive ketones (excluding diaryl/α,β-unsaturated/α-hetero) is 3. The zero-order valence-corrected chi connectivity index (χ0v) is 38.7. The van der Waals surface area contributed by atoms with Crippen molar-refractivity contribution in [1.82, 2.24) is 9.80 Å². The number of hydrogen-bond donors (Lipinski definition) is 3. The number of aryl methyl sites for hydroxylation is 2. The van der Waals surface area contributed by atoms with Gasteiger partial charge >= 0.3 is 0 Å². The Morgan fingerprint density at radius 2 is 1.16 bits per heavy atom. The molecule has 13 aliphatic rings. The number of likely N-dealkylation sites (tertiary alicyclic amines) is 2. The fourth-order valence-electron chi connectivity index (χ4n) is 17.6. The van der Waals surface area contributed by atoms with E-state index in [1.807, 2.05) is 26.1 Å². The van der Waals surface area contributed by atoms with Crippen LogP contribution in [0, 0.1) is 19.1 Å². The molecular formula is C53H59N3O11. The van der Waals surface area contributed by atoms with E-state index in [4.69, 9.17) is 18.9 Å². The van der Waals surface area contributed by atoms with Crippen LogP contribution in [0.3, 0.4) is 0 Å². The van der Waals surface area contributed by atoms with Crippen molar-refractivity contribution in [1.29, 1.82) is 0 Å². The summed E-state index contributed by atoms with van der Waals surface area (Å²) in [5.74, 6) is 2.67. The van der Waals surface area contributed by atoms with Crippen LogP contribution in [0.15, 0.2) is 36.4 Å². The molecule has 4 spiro atoms. The van der Waals surface area contributed by atoms with E-state index in [-0.39, 0.29) is 46.3 Å². The van der Waals surface area contributed by atoms with Crippen molar-refractivity contribution in [2.45, 2.75) is 160 Å². The van der Waals surface area contributed by atoms with Crippen LogP contribution in [0.2, 0.25) is 0 Å². The van der Waals surface area contributed by atoms with Gasteiger partial charge in [0.05, 0.1) is 35.4 Å². The van der Waals surface area contributed by atoms with Crippen molar-refractivity contribution in [2.75, 3.05) is 40.5 Å². The summed E-state index contributed by atoms with van der Waals surface area (Å²) in [5, 5.41) is 46.6. The van der Waals surface area contributed by atoms with Crippen molar-refractivity contribution < 1.29 is 53.3 Å². The van der Waals surface area contributed by atoms with Crippen LogP contribution in [0.5, 0.6) is 23.0 Å². The molecule has 7 fully saturated rings. The molecule has 4 saturated heterocycles. The van der Waals surface area contributed by atoms with Gasteiger partial charge in [-0.3, -0.25) is 19.3 Å². The molecule has 0 aromatic heterocycles. The summed E-state index contributed by atoms with van der Waals surface area (Å²) < 4.78 is 24.4. The Balaban J connectivity index is 0.0000000955. The first kappa shape index (κ1) is 41.6. The highest BCUT2D eigenvalue weighted by Gasteiger charge is 2.78.